The van der Waals surface area contributed by atoms with Crippen LogP contribution in [0.1, 0.15) is 4.88 Å². The van der Waals surface area contributed by atoms with E-state index < -0.39 is 0 Å². The summed E-state index contributed by atoms with van der Waals surface area (Å²) in [6.45, 7) is 2.04. The van der Waals surface area contributed by atoms with E-state index in [1.807, 2.05) is 37.3 Å². The first kappa shape index (κ1) is 15.4. The van der Waals surface area contributed by atoms with Gasteiger partial charge in [-0.05, 0) is 37.3 Å². The maximum absolute atomic E-state index is 9.64. The summed E-state index contributed by atoms with van der Waals surface area (Å²) >= 11 is 1.60. The fourth-order valence-corrected chi connectivity index (χ4v) is 3.34. The first-order valence-corrected chi connectivity index (χ1v) is 7.93. The minimum absolute atomic E-state index is 0.239. The lowest BCUT2D eigenvalue weighted by molar-refractivity contribution is 0.355. The Labute approximate surface area is 139 Å². The molecule has 0 fully saturated rings. The molecule has 0 spiro atoms. The maximum Gasteiger partial charge on any atom is 0.161 e. The number of aromatic nitrogens is 1. The van der Waals surface area contributed by atoms with E-state index in [1.165, 1.54) is 0 Å². The number of benzene rings is 2. The number of hydrogen-bond acceptors (Lipinski definition) is 5. The van der Waals surface area contributed by atoms with Crippen molar-refractivity contribution in [2.24, 2.45) is 0 Å². The second kappa shape index (κ2) is 6.30. The fraction of sp³-hybridized carbons (Fsp3) is 0.167. The molecule has 3 aromatic rings. The summed E-state index contributed by atoms with van der Waals surface area (Å²) in [6, 6.07) is 12.9. The van der Waals surface area contributed by atoms with Crippen LogP contribution in [0.25, 0.3) is 21.8 Å². The maximum atomic E-state index is 9.64. The molecule has 0 atom stereocenters. The van der Waals surface area contributed by atoms with Gasteiger partial charge in [-0.15, -0.1) is 11.3 Å². The Bertz CT molecular complexity index is 842. The van der Waals surface area contributed by atoms with Crippen LogP contribution in [0.3, 0.4) is 0 Å². The van der Waals surface area contributed by atoms with Crippen molar-refractivity contribution in [3.05, 3.63) is 47.3 Å². The van der Waals surface area contributed by atoms with Crippen LogP contribution in [0.15, 0.2) is 42.5 Å². The summed E-state index contributed by atoms with van der Waals surface area (Å²) in [7, 11) is 3.24. The van der Waals surface area contributed by atoms with Crippen LogP contribution in [-0.2, 0) is 0 Å². The van der Waals surface area contributed by atoms with Crippen LogP contribution in [0.5, 0.6) is 17.2 Å². The highest BCUT2D eigenvalue weighted by Crippen LogP contribution is 2.37. The van der Waals surface area contributed by atoms with E-state index in [0.717, 1.165) is 26.7 Å². The Morgan fingerprint density at radius 3 is 2.43 bits per heavy atom. The molecule has 3 rings (SSSR count). The number of phenolic OH excluding ortho intramolecular Hbond substituents is 1. The van der Waals surface area contributed by atoms with Crippen molar-refractivity contribution in [2.45, 2.75) is 6.92 Å². The predicted molar refractivity (Wildman–Crippen MR) is 92.5 cm³/mol. The van der Waals surface area contributed by atoms with Crippen LogP contribution in [0.2, 0.25) is 0 Å². The second-order valence-electron chi connectivity index (χ2n) is 5.04. The third-order valence-electron chi connectivity index (χ3n) is 3.55. The summed E-state index contributed by atoms with van der Waals surface area (Å²) in [6.07, 6.45) is 0. The molecule has 0 radical (unpaired) electrons. The second-order valence-corrected chi connectivity index (χ2v) is 6.25. The van der Waals surface area contributed by atoms with Crippen molar-refractivity contribution in [3.8, 4) is 39.1 Å². The molecule has 0 aliphatic heterocycles. The van der Waals surface area contributed by atoms with Gasteiger partial charge >= 0.3 is 0 Å². The van der Waals surface area contributed by atoms with E-state index in [0.29, 0.717) is 11.5 Å². The van der Waals surface area contributed by atoms with Gasteiger partial charge in [0.05, 0.1) is 19.9 Å². The minimum Gasteiger partial charge on any atom is -0.508 e. The van der Waals surface area contributed by atoms with Crippen molar-refractivity contribution in [1.82, 2.24) is 4.98 Å². The zero-order valence-electron chi connectivity index (χ0n) is 13.2. The number of nitrogens with zero attached hydrogens (tertiary/aromatic N) is 1. The lowest BCUT2D eigenvalue weighted by atomic mass is 10.1. The van der Waals surface area contributed by atoms with Gasteiger partial charge in [0.15, 0.2) is 11.5 Å². The van der Waals surface area contributed by atoms with Crippen molar-refractivity contribution in [1.29, 1.82) is 0 Å². The molecule has 0 aliphatic rings. The third kappa shape index (κ3) is 3.00. The van der Waals surface area contributed by atoms with Crippen molar-refractivity contribution in [3.63, 3.8) is 0 Å². The summed E-state index contributed by atoms with van der Waals surface area (Å²) < 4.78 is 10.6. The Morgan fingerprint density at radius 2 is 1.74 bits per heavy atom. The normalized spacial score (nSPS) is 10.6. The van der Waals surface area contributed by atoms with Gasteiger partial charge in [-0.2, -0.15) is 0 Å². The average molecular weight is 327 g/mol. The quantitative estimate of drug-likeness (QED) is 0.766. The highest BCUT2D eigenvalue weighted by molar-refractivity contribution is 7.15. The van der Waals surface area contributed by atoms with Crippen LogP contribution in [-0.4, -0.2) is 24.3 Å². The Hall–Kier alpha value is -2.53. The molecule has 0 bridgehead atoms. The smallest absolute Gasteiger partial charge is 0.161 e. The van der Waals surface area contributed by atoms with Crippen LogP contribution >= 0.6 is 11.3 Å². The first-order valence-electron chi connectivity index (χ1n) is 7.11. The van der Waals surface area contributed by atoms with Gasteiger partial charge in [0, 0.05) is 16.0 Å². The molecule has 1 N–H and O–H groups in total. The van der Waals surface area contributed by atoms with Crippen LogP contribution in [0, 0.1) is 6.92 Å². The first-order chi connectivity index (χ1) is 11.1. The van der Waals surface area contributed by atoms with Crippen LogP contribution < -0.4 is 9.47 Å². The zero-order chi connectivity index (χ0) is 16.4. The number of ether oxygens (including phenoxy) is 2. The molecule has 23 heavy (non-hydrogen) atoms. The molecule has 0 saturated heterocycles. The van der Waals surface area contributed by atoms with Gasteiger partial charge < -0.3 is 14.6 Å². The van der Waals surface area contributed by atoms with E-state index in [-0.39, 0.29) is 5.75 Å². The molecule has 0 aliphatic carbocycles. The lowest BCUT2D eigenvalue weighted by Crippen LogP contribution is -1.91. The average Bonchev–Trinajstić information content (AvgIpc) is 2.96. The number of hydrogen-bond donors (Lipinski definition) is 1. The van der Waals surface area contributed by atoms with E-state index in [9.17, 15) is 5.11 Å². The van der Waals surface area contributed by atoms with E-state index in [4.69, 9.17) is 14.5 Å². The van der Waals surface area contributed by atoms with Gasteiger partial charge in [0.1, 0.15) is 10.8 Å². The zero-order valence-corrected chi connectivity index (χ0v) is 14.0. The number of rotatable bonds is 4. The molecular formula is C18H17NO3S. The van der Waals surface area contributed by atoms with E-state index in [1.54, 1.807) is 37.7 Å². The predicted octanol–water partition coefficient (Wildman–Crippen LogP) is 4.51. The standard InChI is InChI=1S/C18H17NO3S/c1-11-17(12-7-8-15(21-2)16(10-12)22-3)19-18(23-11)13-5-4-6-14(20)9-13/h4-10,20H,1-3H3. The van der Waals surface area contributed by atoms with Gasteiger partial charge in [-0.3, -0.25) is 0 Å². The third-order valence-corrected chi connectivity index (χ3v) is 4.57. The van der Waals surface area contributed by atoms with Crippen LogP contribution in [0.4, 0.5) is 0 Å². The van der Waals surface area contributed by atoms with E-state index in [2.05, 4.69) is 0 Å². The fourth-order valence-electron chi connectivity index (χ4n) is 2.41. The number of aryl methyl sites for hydroxylation is 1. The number of aromatic hydroxyl groups is 1. The molecule has 1 aromatic heterocycles. The highest BCUT2D eigenvalue weighted by atomic mass is 32.1. The van der Waals surface area contributed by atoms with Gasteiger partial charge in [-0.25, -0.2) is 4.98 Å². The summed E-state index contributed by atoms with van der Waals surface area (Å²) in [5, 5.41) is 10.5. The molecule has 0 amide bonds. The lowest BCUT2D eigenvalue weighted by Gasteiger charge is -2.08. The SMILES string of the molecule is COc1ccc(-c2nc(-c3cccc(O)c3)sc2C)cc1OC. The van der Waals surface area contributed by atoms with Gasteiger partial charge in [0.25, 0.3) is 0 Å². The molecule has 2 aromatic carbocycles. The molecule has 118 valence electrons. The largest absolute Gasteiger partial charge is 0.508 e. The summed E-state index contributed by atoms with van der Waals surface area (Å²) in [5.74, 6) is 1.61. The van der Waals surface area contributed by atoms with Crippen molar-refractivity contribution < 1.29 is 14.6 Å². The number of phenols is 1. The van der Waals surface area contributed by atoms with Crippen molar-refractivity contribution >= 4 is 11.3 Å². The molecular weight excluding hydrogens is 310 g/mol. The minimum atomic E-state index is 0.239. The van der Waals surface area contributed by atoms with Gasteiger partial charge in [0.2, 0.25) is 0 Å². The molecule has 4 nitrogen and oxygen atoms in total. The number of methoxy groups -OCH3 is 2. The Balaban J connectivity index is 2.05. The molecule has 1 heterocycles. The Morgan fingerprint density at radius 1 is 0.957 bits per heavy atom. The monoisotopic (exact) mass is 327 g/mol. The van der Waals surface area contributed by atoms with Crippen molar-refractivity contribution in [2.75, 3.05) is 14.2 Å². The molecule has 5 heteroatoms. The van der Waals surface area contributed by atoms with E-state index >= 15 is 0 Å². The summed E-state index contributed by atoms with van der Waals surface area (Å²) in [5.41, 5.74) is 2.79. The number of thiazole rings is 1. The molecule has 0 saturated carbocycles. The van der Waals surface area contributed by atoms with Gasteiger partial charge in [-0.1, -0.05) is 12.1 Å². The summed E-state index contributed by atoms with van der Waals surface area (Å²) in [4.78, 5) is 5.84. The topological polar surface area (TPSA) is 51.6 Å². The Kier molecular flexibility index (Phi) is 4.21. The molecule has 0 unspecified atom stereocenters. The highest BCUT2D eigenvalue weighted by Gasteiger charge is 2.14.